The molecule has 1 aliphatic heterocycles. The van der Waals surface area contributed by atoms with E-state index < -0.39 is 11.7 Å². The number of aliphatic hydroxyl groups excluding tert-OH is 1. The second-order valence-corrected chi connectivity index (χ2v) is 5.53. The maximum absolute atomic E-state index is 10.5. The molecule has 1 saturated heterocycles. The smallest absolute Gasteiger partial charge is 0.109 e. The molecule has 0 aromatic heterocycles. The van der Waals surface area contributed by atoms with E-state index in [4.69, 9.17) is 16.3 Å². The van der Waals surface area contributed by atoms with Gasteiger partial charge in [-0.15, -0.1) is 0 Å². The second-order valence-electron chi connectivity index (χ2n) is 5.13. The van der Waals surface area contributed by atoms with Crippen LogP contribution in [0.15, 0.2) is 12.1 Å². The number of hydrogen-bond acceptors (Lipinski definition) is 2. The lowest BCUT2D eigenvalue weighted by Gasteiger charge is -2.30. The summed E-state index contributed by atoms with van der Waals surface area (Å²) in [5, 5.41) is 11.1. The van der Waals surface area contributed by atoms with Gasteiger partial charge in [0.2, 0.25) is 0 Å². The lowest BCUT2D eigenvalue weighted by atomic mass is 9.89. The number of benzene rings is 1. The predicted octanol–water partition coefficient (Wildman–Crippen LogP) is 3.56. The number of ether oxygens (including phenoxy) is 1. The minimum Gasteiger partial charge on any atom is -0.385 e. The van der Waals surface area contributed by atoms with Gasteiger partial charge in [0.05, 0.1) is 5.60 Å². The molecule has 0 aliphatic carbocycles. The Bertz CT molecular complexity index is 422. The van der Waals surface area contributed by atoms with Crippen LogP contribution in [-0.4, -0.2) is 17.3 Å². The van der Waals surface area contributed by atoms with Crippen LogP contribution in [0.25, 0.3) is 0 Å². The van der Waals surface area contributed by atoms with E-state index in [1.54, 1.807) is 0 Å². The average Bonchev–Trinajstić information content (AvgIpc) is 2.71. The van der Waals surface area contributed by atoms with E-state index in [1.807, 2.05) is 32.9 Å². The molecule has 1 heterocycles. The van der Waals surface area contributed by atoms with Crippen molar-refractivity contribution in [1.29, 1.82) is 0 Å². The molecule has 17 heavy (non-hydrogen) atoms. The number of aryl methyl sites for hydroxylation is 2. The molecule has 3 heteroatoms. The van der Waals surface area contributed by atoms with Gasteiger partial charge in [-0.2, -0.15) is 0 Å². The van der Waals surface area contributed by atoms with Gasteiger partial charge in [0.25, 0.3) is 0 Å². The number of hydrogen-bond donors (Lipinski definition) is 1. The minimum atomic E-state index is -0.656. The van der Waals surface area contributed by atoms with Crippen molar-refractivity contribution in [2.45, 2.75) is 45.3 Å². The van der Waals surface area contributed by atoms with Crippen molar-refractivity contribution >= 4 is 11.6 Å². The quantitative estimate of drug-likeness (QED) is 0.875. The molecule has 0 spiro atoms. The van der Waals surface area contributed by atoms with Gasteiger partial charge in [0.1, 0.15) is 6.10 Å². The van der Waals surface area contributed by atoms with Crippen LogP contribution in [0.4, 0.5) is 0 Å². The fourth-order valence-electron chi connectivity index (χ4n) is 2.36. The normalized spacial score (nSPS) is 26.2. The SMILES string of the molecule is Cc1cc(Cl)c(C(O)C2(C)CCCO2)cc1C. The van der Waals surface area contributed by atoms with Gasteiger partial charge in [0, 0.05) is 17.2 Å². The fraction of sp³-hybridized carbons (Fsp3) is 0.571. The van der Waals surface area contributed by atoms with E-state index in [0.29, 0.717) is 5.02 Å². The van der Waals surface area contributed by atoms with Crippen molar-refractivity contribution in [3.63, 3.8) is 0 Å². The van der Waals surface area contributed by atoms with Crippen LogP contribution in [0.5, 0.6) is 0 Å². The molecular formula is C14H19ClO2. The molecule has 1 fully saturated rings. The van der Waals surface area contributed by atoms with Crippen LogP contribution in [0, 0.1) is 13.8 Å². The lowest BCUT2D eigenvalue weighted by molar-refractivity contribution is -0.0796. The summed E-state index contributed by atoms with van der Waals surface area (Å²) in [6, 6.07) is 3.88. The highest BCUT2D eigenvalue weighted by atomic mass is 35.5. The predicted molar refractivity (Wildman–Crippen MR) is 69.5 cm³/mol. The van der Waals surface area contributed by atoms with Crippen molar-refractivity contribution in [3.8, 4) is 0 Å². The van der Waals surface area contributed by atoms with Crippen LogP contribution < -0.4 is 0 Å². The van der Waals surface area contributed by atoms with Crippen molar-refractivity contribution in [1.82, 2.24) is 0 Å². The summed E-state index contributed by atoms with van der Waals surface area (Å²) in [6.07, 6.45) is 1.21. The Morgan fingerprint density at radius 2 is 2.00 bits per heavy atom. The van der Waals surface area contributed by atoms with Crippen LogP contribution in [0.1, 0.15) is 42.6 Å². The third-order valence-corrected chi connectivity index (χ3v) is 4.06. The van der Waals surface area contributed by atoms with Crippen molar-refractivity contribution in [2.24, 2.45) is 0 Å². The molecule has 0 radical (unpaired) electrons. The zero-order chi connectivity index (χ0) is 12.6. The maximum atomic E-state index is 10.5. The first kappa shape index (κ1) is 12.9. The standard InChI is InChI=1S/C14H19ClO2/c1-9-7-11(12(15)8-10(9)2)13(16)14(3)5-4-6-17-14/h7-8,13,16H,4-6H2,1-3H3. The molecule has 94 valence electrons. The first-order chi connectivity index (χ1) is 7.94. The first-order valence-corrected chi connectivity index (χ1v) is 6.40. The number of halogens is 1. The van der Waals surface area contributed by atoms with Gasteiger partial charge in [-0.25, -0.2) is 0 Å². The zero-order valence-electron chi connectivity index (χ0n) is 10.6. The largest absolute Gasteiger partial charge is 0.385 e. The molecular weight excluding hydrogens is 236 g/mol. The first-order valence-electron chi connectivity index (χ1n) is 6.03. The molecule has 2 unspecified atom stereocenters. The molecule has 1 N–H and O–H groups in total. The van der Waals surface area contributed by atoms with Gasteiger partial charge < -0.3 is 9.84 Å². The third kappa shape index (κ3) is 2.35. The van der Waals surface area contributed by atoms with Crippen LogP contribution in [-0.2, 0) is 4.74 Å². The third-order valence-electron chi connectivity index (χ3n) is 3.74. The number of rotatable bonds is 2. The Balaban J connectivity index is 2.36. The highest BCUT2D eigenvalue weighted by Crippen LogP contribution is 2.40. The fourth-order valence-corrected chi connectivity index (χ4v) is 2.68. The zero-order valence-corrected chi connectivity index (χ0v) is 11.3. The summed E-state index contributed by atoms with van der Waals surface area (Å²) in [5.74, 6) is 0. The molecule has 1 aromatic carbocycles. The summed E-state index contributed by atoms with van der Waals surface area (Å²) in [7, 11) is 0. The van der Waals surface area contributed by atoms with Gasteiger partial charge >= 0.3 is 0 Å². The monoisotopic (exact) mass is 254 g/mol. The molecule has 1 aromatic rings. The maximum Gasteiger partial charge on any atom is 0.109 e. The topological polar surface area (TPSA) is 29.5 Å². The Labute approximate surface area is 108 Å². The minimum absolute atomic E-state index is 0.495. The Morgan fingerprint density at radius 1 is 1.35 bits per heavy atom. The van der Waals surface area contributed by atoms with E-state index in [9.17, 15) is 5.11 Å². The van der Waals surface area contributed by atoms with Crippen LogP contribution >= 0.6 is 11.6 Å². The average molecular weight is 255 g/mol. The summed E-state index contributed by atoms with van der Waals surface area (Å²) in [6.45, 7) is 6.72. The van der Waals surface area contributed by atoms with E-state index in [-0.39, 0.29) is 0 Å². The lowest BCUT2D eigenvalue weighted by Crippen LogP contribution is -2.32. The van der Waals surface area contributed by atoms with Crippen LogP contribution in [0.3, 0.4) is 0 Å². The van der Waals surface area contributed by atoms with Crippen molar-refractivity contribution in [3.05, 3.63) is 33.8 Å². The second kappa shape index (κ2) is 4.60. The van der Waals surface area contributed by atoms with Gasteiger partial charge in [-0.3, -0.25) is 0 Å². The molecule has 2 atom stereocenters. The highest BCUT2D eigenvalue weighted by molar-refractivity contribution is 6.31. The Morgan fingerprint density at radius 3 is 2.59 bits per heavy atom. The van der Waals surface area contributed by atoms with Crippen LogP contribution in [0.2, 0.25) is 5.02 Å². The molecule has 0 saturated carbocycles. The van der Waals surface area contributed by atoms with Gasteiger partial charge in [-0.05, 0) is 50.8 Å². The van der Waals surface area contributed by atoms with E-state index >= 15 is 0 Å². The molecule has 1 aliphatic rings. The van der Waals surface area contributed by atoms with Gasteiger partial charge in [-0.1, -0.05) is 17.7 Å². The Kier molecular flexibility index (Phi) is 3.48. The molecule has 0 bridgehead atoms. The summed E-state index contributed by atoms with van der Waals surface area (Å²) >= 11 is 6.22. The number of aliphatic hydroxyl groups is 1. The summed E-state index contributed by atoms with van der Waals surface area (Å²) in [4.78, 5) is 0. The Hall–Kier alpha value is -0.570. The van der Waals surface area contributed by atoms with E-state index in [0.717, 1.165) is 36.1 Å². The molecule has 0 amide bonds. The molecule has 2 rings (SSSR count). The van der Waals surface area contributed by atoms with E-state index in [2.05, 4.69) is 0 Å². The molecule has 2 nitrogen and oxygen atoms in total. The van der Waals surface area contributed by atoms with Gasteiger partial charge in [0.15, 0.2) is 0 Å². The van der Waals surface area contributed by atoms with Crippen molar-refractivity contribution in [2.75, 3.05) is 6.61 Å². The van der Waals surface area contributed by atoms with E-state index in [1.165, 1.54) is 0 Å². The summed E-state index contributed by atoms with van der Waals surface area (Å²) in [5.41, 5.74) is 2.57. The summed E-state index contributed by atoms with van der Waals surface area (Å²) < 4.78 is 5.67. The van der Waals surface area contributed by atoms with Crippen molar-refractivity contribution < 1.29 is 9.84 Å². The highest BCUT2D eigenvalue weighted by Gasteiger charge is 2.39.